The first-order valence-electron chi connectivity index (χ1n) is 6.68. The van der Waals surface area contributed by atoms with E-state index in [-0.39, 0.29) is 19.0 Å². The summed E-state index contributed by atoms with van der Waals surface area (Å²) in [6, 6.07) is 5.67. The Bertz CT molecular complexity index is 348. The fourth-order valence-corrected chi connectivity index (χ4v) is 1.52. The fourth-order valence-electron chi connectivity index (χ4n) is 1.52. The molecule has 1 aromatic carbocycles. The van der Waals surface area contributed by atoms with E-state index in [1.807, 2.05) is 0 Å². The summed E-state index contributed by atoms with van der Waals surface area (Å²) in [4.78, 5) is 0. The summed E-state index contributed by atoms with van der Waals surface area (Å²) in [6.45, 7) is 2.26. The Morgan fingerprint density at radius 2 is 1.95 bits per heavy atom. The molecule has 0 bridgehead atoms. The largest absolute Gasteiger partial charge is 0.491 e. The first kappa shape index (κ1) is 16.8. The Morgan fingerprint density at radius 3 is 2.65 bits per heavy atom. The zero-order valence-electron chi connectivity index (χ0n) is 11.4. The van der Waals surface area contributed by atoms with Crippen molar-refractivity contribution in [3.8, 4) is 5.75 Å². The van der Waals surface area contributed by atoms with Crippen molar-refractivity contribution in [1.82, 2.24) is 5.32 Å². The van der Waals surface area contributed by atoms with E-state index in [9.17, 15) is 9.50 Å². The van der Waals surface area contributed by atoms with E-state index in [1.54, 1.807) is 0 Å². The zero-order valence-corrected chi connectivity index (χ0v) is 11.4. The van der Waals surface area contributed by atoms with Gasteiger partial charge in [0.15, 0.2) is 0 Å². The van der Waals surface area contributed by atoms with Crippen molar-refractivity contribution in [3.05, 3.63) is 30.1 Å². The number of ether oxygens (including phenoxy) is 2. The van der Waals surface area contributed by atoms with Crippen LogP contribution in [0.2, 0.25) is 0 Å². The highest BCUT2D eigenvalue weighted by Crippen LogP contribution is 2.11. The molecule has 1 aromatic rings. The highest BCUT2D eigenvalue weighted by Gasteiger charge is 2.04. The lowest BCUT2D eigenvalue weighted by atomic mass is 10.3. The topological polar surface area (TPSA) is 71.0 Å². The number of rotatable bonds is 11. The Kier molecular flexibility index (Phi) is 8.90. The van der Waals surface area contributed by atoms with Gasteiger partial charge in [0.05, 0.1) is 13.2 Å². The van der Waals surface area contributed by atoms with Gasteiger partial charge in [-0.2, -0.15) is 0 Å². The van der Waals surface area contributed by atoms with Gasteiger partial charge in [0, 0.05) is 13.2 Å². The molecule has 0 saturated carbocycles. The number of hydrogen-bond acceptors (Lipinski definition) is 5. The molecule has 20 heavy (non-hydrogen) atoms. The van der Waals surface area contributed by atoms with E-state index in [4.69, 9.17) is 14.6 Å². The minimum atomic E-state index is -0.626. The van der Waals surface area contributed by atoms with E-state index in [2.05, 4.69) is 5.32 Å². The molecule has 0 radical (unpaired) electrons. The van der Waals surface area contributed by atoms with Gasteiger partial charge in [0.1, 0.15) is 24.3 Å². The molecule has 0 heterocycles. The van der Waals surface area contributed by atoms with Gasteiger partial charge >= 0.3 is 0 Å². The molecule has 0 fully saturated rings. The van der Waals surface area contributed by atoms with Crippen molar-refractivity contribution in [2.24, 2.45) is 0 Å². The molecule has 0 amide bonds. The molecule has 5 nitrogen and oxygen atoms in total. The molecular formula is C14H22FNO4. The standard InChI is InChI=1S/C14H22FNO4/c15-12-2-4-14(5-3-12)20-11-13(18)10-16-6-1-8-19-9-7-17/h2-5,13,16-18H,1,6-11H2. The smallest absolute Gasteiger partial charge is 0.123 e. The summed E-state index contributed by atoms with van der Waals surface area (Å²) in [5.74, 6) is 0.214. The molecule has 1 atom stereocenters. The van der Waals surface area contributed by atoms with Crippen molar-refractivity contribution < 1.29 is 24.1 Å². The second-order valence-electron chi connectivity index (χ2n) is 4.31. The van der Waals surface area contributed by atoms with Gasteiger partial charge in [-0.1, -0.05) is 0 Å². The lowest BCUT2D eigenvalue weighted by molar-refractivity contribution is 0.0875. The third-order valence-electron chi connectivity index (χ3n) is 2.51. The summed E-state index contributed by atoms with van der Waals surface area (Å²) >= 11 is 0. The van der Waals surface area contributed by atoms with Crippen molar-refractivity contribution in [1.29, 1.82) is 0 Å². The van der Waals surface area contributed by atoms with Gasteiger partial charge in [-0.15, -0.1) is 0 Å². The molecule has 0 aromatic heterocycles. The molecular weight excluding hydrogens is 265 g/mol. The van der Waals surface area contributed by atoms with E-state index in [1.165, 1.54) is 24.3 Å². The van der Waals surface area contributed by atoms with Crippen LogP contribution in [-0.4, -0.2) is 55.8 Å². The summed E-state index contributed by atoms with van der Waals surface area (Å²) in [7, 11) is 0. The van der Waals surface area contributed by atoms with Gasteiger partial charge in [-0.25, -0.2) is 4.39 Å². The highest BCUT2D eigenvalue weighted by atomic mass is 19.1. The monoisotopic (exact) mass is 287 g/mol. The summed E-state index contributed by atoms with van der Waals surface area (Å²) in [5.41, 5.74) is 0. The minimum Gasteiger partial charge on any atom is -0.491 e. The summed E-state index contributed by atoms with van der Waals surface area (Å²) in [6.07, 6.45) is 0.185. The average molecular weight is 287 g/mol. The first-order valence-corrected chi connectivity index (χ1v) is 6.68. The molecule has 0 spiro atoms. The van der Waals surface area contributed by atoms with Crippen LogP contribution >= 0.6 is 0 Å². The number of halogens is 1. The maximum atomic E-state index is 12.7. The Balaban J connectivity index is 2.00. The fraction of sp³-hybridized carbons (Fsp3) is 0.571. The summed E-state index contributed by atoms with van der Waals surface area (Å²) in [5, 5.41) is 21.3. The lowest BCUT2D eigenvalue weighted by Gasteiger charge is -2.13. The molecule has 0 saturated heterocycles. The molecule has 114 valence electrons. The third-order valence-corrected chi connectivity index (χ3v) is 2.51. The van der Waals surface area contributed by atoms with Gasteiger partial charge in [-0.05, 0) is 37.2 Å². The molecule has 1 unspecified atom stereocenters. The number of aliphatic hydroxyl groups is 2. The van der Waals surface area contributed by atoms with Crippen molar-refractivity contribution in [2.45, 2.75) is 12.5 Å². The second-order valence-corrected chi connectivity index (χ2v) is 4.31. The molecule has 0 aliphatic rings. The number of benzene rings is 1. The van der Waals surface area contributed by atoms with Gasteiger partial charge in [-0.3, -0.25) is 0 Å². The van der Waals surface area contributed by atoms with Gasteiger partial charge in [0.2, 0.25) is 0 Å². The molecule has 0 aliphatic heterocycles. The van der Waals surface area contributed by atoms with Gasteiger partial charge < -0.3 is 25.0 Å². The van der Waals surface area contributed by atoms with Crippen LogP contribution in [0.25, 0.3) is 0 Å². The highest BCUT2D eigenvalue weighted by molar-refractivity contribution is 5.22. The minimum absolute atomic E-state index is 0.0346. The van der Waals surface area contributed by atoms with Crippen LogP contribution in [0.15, 0.2) is 24.3 Å². The Hall–Kier alpha value is -1.21. The van der Waals surface area contributed by atoms with Crippen LogP contribution in [0.3, 0.4) is 0 Å². The lowest BCUT2D eigenvalue weighted by Crippen LogP contribution is -2.32. The predicted molar refractivity (Wildman–Crippen MR) is 73.3 cm³/mol. The Morgan fingerprint density at radius 1 is 1.20 bits per heavy atom. The predicted octanol–water partition coefficient (Wildman–Crippen LogP) is 0.554. The number of nitrogens with one attached hydrogen (secondary N) is 1. The normalized spacial score (nSPS) is 12.3. The number of hydrogen-bond donors (Lipinski definition) is 3. The first-order chi connectivity index (χ1) is 9.72. The van der Waals surface area contributed by atoms with E-state index in [0.29, 0.717) is 25.5 Å². The molecule has 0 aliphatic carbocycles. The SMILES string of the molecule is OCCOCCCNCC(O)COc1ccc(F)cc1. The van der Waals surface area contributed by atoms with E-state index in [0.717, 1.165) is 13.0 Å². The van der Waals surface area contributed by atoms with Crippen LogP contribution in [0, 0.1) is 5.82 Å². The van der Waals surface area contributed by atoms with Crippen LogP contribution in [0.4, 0.5) is 4.39 Å². The average Bonchev–Trinajstić information content (AvgIpc) is 2.46. The van der Waals surface area contributed by atoms with Crippen molar-refractivity contribution >= 4 is 0 Å². The van der Waals surface area contributed by atoms with Crippen LogP contribution in [-0.2, 0) is 4.74 Å². The molecule has 1 rings (SSSR count). The summed E-state index contributed by atoms with van der Waals surface area (Å²) < 4.78 is 23.1. The zero-order chi connectivity index (χ0) is 14.6. The van der Waals surface area contributed by atoms with Crippen LogP contribution < -0.4 is 10.1 Å². The molecule has 6 heteroatoms. The Labute approximate surface area is 118 Å². The molecule has 3 N–H and O–H groups in total. The van der Waals surface area contributed by atoms with Crippen molar-refractivity contribution in [3.63, 3.8) is 0 Å². The maximum Gasteiger partial charge on any atom is 0.123 e. The number of aliphatic hydroxyl groups excluding tert-OH is 2. The quantitative estimate of drug-likeness (QED) is 0.519. The van der Waals surface area contributed by atoms with E-state index >= 15 is 0 Å². The van der Waals surface area contributed by atoms with Crippen molar-refractivity contribution in [2.75, 3.05) is 39.5 Å². The van der Waals surface area contributed by atoms with Gasteiger partial charge in [0.25, 0.3) is 0 Å². The van der Waals surface area contributed by atoms with E-state index < -0.39 is 6.10 Å². The van der Waals surface area contributed by atoms with Crippen LogP contribution in [0.5, 0.6) is 5.75 Å². The van der Waals surface area contributed by atoms with Crippen LogP contribution in [0.1, 0.15) is 6.42 Å². The maximum absolute atomic E-state index is 12.7. The third kappa shape index (κ3) is 8.06. The second kappa shape index (κ2) is 10.6.